The van der Waals surface area contributed by atoms with Crippen LogP contribution in [0.5, 0.6) is 0 Å². The van der Waals surface area contributed by atoms with Crippen LogP contribution in [0.15, 0.2) is 36.5 Å². The third-order valence-electron chi connectivity index (χ3n) is 3.77. The number of ether oxygens (including phenoxy) is 1. The fourth-order valence-electron chi connectivity index (χ4n) is 2.56. The van der Waals surface area contributed by atoms with E-state index in [1.165, 1.54) is 10.9 Å². The average Bonchev–Trinajstić information content (AvgIpc) is 2.50. The van der Waals surface area contributed by atoms with Crippen LogP contribution in [-0.4, -0.2) is 24.7 Å². The molecule has 20 heavy (non-hydrogen) atoms. The van der Waals surface area contributed by atoms with Crippen molar-refractivity contribution in [3.8, 4) is 0 Å². The second kappa shape index (κ2) is 7.36. The fourth-order valence-corrected chi connectivity index (χ4v) is 2.56. The molecule has 2 rings (SSSR count). The maximum atomic E-state index is 5.36. The van der Waals surface area contributed by atoms with Gasteiger partial charge in [-0.3, -0.25) is 4.98 Å². The zero-order chi connectivity index (χ0) is 14.4. The number of benzene rings is 1. The van der Waals surface area contributed by atoms with Crippen molar-refractivity contribution in [3.63, 3.8) is 0 Å². The van der Waals surface area contributed by atoms with Crippen LogP contribution in [0, 0.1) is 0 Å². The van der Waals surface area contributed by atoms with Gasteiger partial charge in [0.05, 0.1) is 11.6 Å². The lowest BCUT2D eigenvalue weighted by Crippen LogP contribution is -2.22. The van der Waals surface area contributed by atoms with E-state index in [0.29, 0.717) is 12.1 Å². The molecule has 0 fully saturated rings. The van der Waals surface area contributed by atoms with E-state index >= 15 is 0 Å². The molecule has 1 aromatic heterocycles. The van der Waals surface area contributed by atoms with Crippen LogP contribution in [0.4, 0.5) is 0 Å². The molecule has 1 heterocycles. The molecule has 0 amide bonds. The number of rotatable bonds is 7. The molecule has 0 saturated carbocycles. The molecule has 0 aliphatic rings. The molecule has 2 aromatic rings. The van der Waals surface area contributed by atoms with Gasteiger partial charge in [0, 0.05) is 24.7 Å². The highest BCUT2D eigenvalue weighted by atomic mass is 16.5. The molecule has 0 bridgehead atoms. The maximum absolute atomic E-state index is 5.36. The summed E-state index contributed by atoms with van der Waals surface area (Å²) in [4.78, 5) is 4.44. The van der Waals surface area contributed by atoms with E-state index < -0.39 is 0 Å². The average molecular weight is 272 g/mol. The molecule has 1 aromatic carbocycles. The Hall–Kier alpha value is -1.45. The second-order valence-electron chi connectivity index (χ2n) is 5.15. The van der Waals surface area contributed by atoms with Crippen LogP contribution in [0.2, 0.25) is 0 Å². The predicted molar refractivity (Wildman–Crippen MR) is 83.9 cm³/mol. The summed E-state index contributed by atoms with van der Waals surface area (Å²) >= 11 is 0. The van der Waals surface area contributed by atoms with Crippen LogP contribution < -0.4 is 5.32 Å². The Bertz CT molecular complexity index is 536. The molecular formula is C17H24N2O. The van der Waals surface area contributed by atoms with Gasteiger partial charge in [0.1, 0.15) is 0 Å². The molecule has 108 valence electrons. The number of hydrogen-bond donors (Lipinski definition) is 1. The third-order valence-corrected chi connectivity index (χ3v) is 3.77. The topological polar surface area (TPSA) is 34.1 Å². The van der Waals surface area contributed by atoms with Crippen LogP contribution >= 0.6 is 0 Å². The van der Waals surface area contributed by atoms with Gasteiger partial charge in [-0.25, -0.2) is 0 Å². The normalized spacial score (nSPS) is 14.3. The van der Waals surface area contributed by atoms with Gasteiger partial charge in [0.15, 0.2) is 0 Å². The standard InChI is InChI=1S/C17H24N2O/c1-4-18-17(11-10-13(2)20-3)14-7-5-9-16-15(14)8-6-12-19-16/h5-9,12-13,17-18H,4,10-11H2,1-3H3. The molecule has 0 radical (unpaired) electrons. The molecule has 3 nitrogen and oxygen atoms in total. The summed E-state index contributed by atoms with van der Waals surface area (Å²) in [6, 6.07) is 10.9. The first-order valence-electron chi connectivity index (χ1n) is 7.36. The maximum Gasteiger partial charge on any atom is 0.0705 e. The fraction of sp³-hybridized carbons (Fsp3) is 0.471. The lowest BCUT2D eigenvalue weighted by molar-refractivity contribution is 0.106. The molecule has 0 spiro atoms. The minimum Gasteiger partial charge on any atom is -0.382 e. The van der Waals surface area contributed by atoms with Crippen molar-refractivity contribution in [2.45, 2.75) is 38.8 Å². The smallest absolute Gasteiger partial charge is 0.0705 e. The van der Waals surface area contributed by atoms with Gasteiger partial charge in [-0.2, -0.15) is 0 Å². The van der Waals surface area contributed by atoms with E-state index in [1.807, 2.05) is 12.3 Å². The summed E-state index contributed by atoms with van der Waals surface area (Å²) in [5.41, 5.74) is 2.40. The highest BCUT2D eigenvalue weighted by Crippen LogP contribution is 2.26. The van der Waals surface area contributed by atoms with Crippen LogP contribution in [0.1, 0.15) is 38.3 Å². The predicted octanol–water partition coefficient (Wildman–Crippen LogP) is 3.70. The van der Waals surface area contributed by atoms with Gasteiger partial charge in [-0.15, -0.1) is 0 Å². The van der Waals surface area contributed by atoms with Crippen molar-refractivity contribution in [1.29, 1.82) is 0 Å². The van der Waals surface area contributed by atoms with Gasteiger partial charge < -0.3 is 10.1 Å². The van der Waals surface area contributed by atoms with Crippen LogP contribution in [0.3, 0.4) is 0 Å². The monoisotopic (exact) mass is 272 g/mol. The Morgan fingerprint density at radius 3 is 2.80 bits per heavy atom. The first-order chi connectivity index (χ1) is 9.76. The Balaban J connectivity index is 2.26. The van der Waals surface area contributed by atoms with Crippen molar-refractivity contribution in [1.82, 2.24) is 10.3 Å². The van der Waals surface area contributed by atoms with Crippen molar-refractivity contribution in [2.24, 2.45) is 0 Å². The molecule has 0 aliphatic carbocycles. The summed E-state index contributed by atoms with van der Waals surface area (Å²) in [5.74, 6) is 0. The SMILES string of the molecule is CCNC(CCC(C)OC)c1cccc2ncccc12. The minimum atomic E-state index is 0.296. The van der Waals surface area contributed by atoms with Crippen LogP contribution in [-0.2, 0) is 4.74 Å². The van der Waals surface area contributed by atoms with E-state index in [1.54, 1.807) is 7.11 Å². The third kappa shape index (κ3) is 3.56. The number of methoxy groups -OCH3 is 1. The van der Waals surface area contributed by atoms with Gasteiger partial charge in [0.2, 0.25) is 0 Å². The lowest BCUT2D eigenvalue weighted by Gasteiger charge is -2.21. The van der Waals surface area contributed by atoms with E-state index in [4.69, 9.17) is 4.74 Å². The van der Waals surface area contributed by atoms with E-state index in [-0.39, 0.29) is 0 Å². The highest BCUT2D eigenvalue weighted by Gasteiger charge is 2.14. The summed E-state index contributed by atoms with van der Waals surface area (Å²) in [7, 11) is 1.77. The largest absolute Gasteiger partial charge is 0.382 e. The number of nitrogens with one attached hydrogen (secondary N) is 1. The van der Waals surface area contributed by atoms with Gasteiger partial charge in [-0.05, 0) is 44.0 Å². The molecule has 0 aliphatic heterocycles. The number of hydrogen-bond acceptors (Lipinski definition) is 3. The summed E-state index contributed by atoms with van der Waals surface area (Å²) < 4.78 is 5.36. The molecular weight excluding hydrogens is 248 g/mol. The summed E-state index contributed by atoms with van der Waals surface area (Å²) in [5, 5.41) is 4.83. The van der Waals surface area contributed by atoms with Crippen molar-refractivity contribution in [3.05, 3.63) is 42.1 Å². The molecule has 2 unspecified atom stereocenters. The first-order valence-corrected chi connectivity index (χ1v) is 7.36. The number of fused-ring (bicyclic) bond motifs is 1. The highest BCUT2D eigenvalue weighted by molar-refractivity contribution is 5.82. The molecule has 1 N–H and O–H groups in total. The molecule has 3 heteroatoms. The number of pyridine rings is 1. The zero-order valence-corrected chi connectivity index (χ0v) is 12.6. The Morgan fingerprint density at radius 1 is 1.20 bits per heavy atom. The van der Waals surface area contributed by atoms with Gasteiger partial charge >= 0.3 is 0 Å². The lowest BCUT2D eigenvalue weighted by atomic mass is 9.96. The second-order valence-corrected chi connectivity index (χ2v) is 5.15. The van der Waals surface area contributed by atoms with Crippen molar-refractivity contribution < 1.29 is 4.74 Å². The van der Waals surface area contributed by atoms with E-state index in [9.17, 15) is 0 Å². The minimum absolute atomic E-state index is 0.296. The number of nitrogens with zero attached hydrogens (tertiary/aromatic N) is 1. The summed E-state index contributed by atoms with van der Waals surface area (Å²) in [6.45, 7) is 5.23. The van der Waals surface area contributed by atoms with Crippen molar-refractivity contribution in [2.75, 3.05) is 13.7 Å². The quantitative estimate of drug-likeness (QED) is 0.834. The van der Waals surface area contributed by atoms with Crippen LogP contribution in [0.25, 0.3) is 10.9 Å². The van der Waals surface area contributed by atoms with Crippen molar-refractivity contribution >= 4 is 10.9 Å². The van der Waals surface area contributed by atoms with Gasteiger partial charge in [0.25, 0.3) is 0 Å². The van der Waals surface area contributed by atoms with Gasteiger partial charge in [-0.1, -0.05) is 25.1 Å². The Kier molecular flexibility index (Phi) is 5.50. The van der Waals surface area contributed by atoms with E-state index in [0.717, 1.165) is 24.9 Å². The number of aromatic nitrogens is 1. The molecule has 2 atom stereocenters. The first kappa shape index (κ1) is 14.9. The summed E-state index contributed by atoms with van der Waals surface area (Å²) in [6.07, 6.45) is 4.26. The Labute approximate surface area is 121 Å². The van der Waals surface area contributed by atoms with E-state index in [2.05, 4.69) is 48.4 Å². The zero-order valence-electron chi connectivity index (χ0n) is 12.6. The molecule has 0 saturated heterocycles. The Morgan fingerprint density at radius 2 is 2.05 bits per heavy atom.